The SMILES string of the molecule is FCCCc1ccccn1. The molecule has 1 aromatic rings. The summed E-state index contributed by atoms with van der Waals surface area (Å²) < 4.78 is 11.7. The molecule has 1 heterocycles. The largest absolute Gasteiger partial charge is 0.261 e. The Morgan fingerprint density at radius 3 is 2.90 bits per heavy atom. The fourth-order valence-corrected chi connectivity index (χ4v) is 0.794. The fraction of sp³-hybridized carbons (Fsp3) is 0.375. The topological polar surface area (TPSA) is 12.9 Å². The molecule has 0 saturated heterocycles. The minimum atomic E-state index is -0.253. The molecule has 0 saturated carbocycles. The number of aryl methyl sites for hydroxylation is 1. The van der Waals surface area contributed by atoms with Crippen LogP contribution in [-0.4, -0.2) is 11.7 Å². The van der Waals surface area contributed by atoms with Crippen LogP contribution in [0.1, 0.15) is 12.1 Å². The molecule has 0 amide bonds. The van der Waals surface area contributed by atoms with Crippen molar-refractivity contribution in [1.29, 1.82) is 0 Å². The molecule has 0 aromatic carbocycles. The smallest absolute Gasteiger partial charge is 0.0898 e. The van der Waals surface area contributed by atoms with E-state index in [9.17, 15) is 4.39 Å². The van der Waals surface area contributed by atoms with Crippen molar-refractivity contribution in [2.75, 3.05) is 6.67 Å². The number of pyridine rings is 1. The summed E-state index contributed by atoms with van der Waals surface area (Å²) in [7, 11) is 0. The molecule has 2 heteroatoms. The normalized spacial score (nSPS) is 9.70. The van der Waals surface area contributed by atoms with Gasteiger partial charge in [0, 0.05) is 11.9 Å². The zero-order chi connectivity index (χ0) is 7.23. The number of nitrogens with zero attached hydrogens (tertiary/aromatic N) is 1. The van der Waals surface area contributed by atoms with Crippen LogP contribution < -0.4 is 0 Å². The lowest BCUT2D eigenvalue weighted by molar-refractivity contribution is 0.471. The van der Waals surface area contributed by atoms with E-state index in [1.807, 2.05) is 18.2 Å². The quantitative estimate of drug-likeness (QED) is 0.624. The Morgan fingerprint density at radius 2 is 2.30 bits per heavy atom. The Bertz CT molecular complexity index is 174. The highest BCUT2D eigenvalue weighted by atomic mass is 19.1. The van der Waals surface area contributed by atoms with Gasteiger partial charge in [-0.05, 0) is 25.0 Å². The van der Waals surface area contributed by atoms with Crippen molar-refractivity contribution in [3.8, 4) is 0 Å². The van der Waals surface area contributed by atoms with E-state index >= 15 is 0 Å². The average Bonchev–Trinajstić information content (AvgIpc) is 2.03. The highest BCUT2D eigenvalue weighted by Crippen LogP contribution is 1.97. The molecule has 1 nitrogen and oxygen atoms in total. The molecular formula is C8H10FN. The van der Waals surface area contributed by atoms with Crippen molar-refractivity contribution in [2.24, 2.45) is 0 Å². The summed E-state index contributed by atoms with van der Waals surface area (Å²) in [5, 5.41) is 0. The summed E-state index contributed by atoms with van der Waals surface area (Å²) in [6, 6.07) is 5.69. The van der Waals surface area contributed by atoms with Crippen molar-refractivity contribution in [3.63, 3.8) is 0 Å². The van der Waals surface area contributed by atoms with E-state index in [1.165, 1.54) is 0 Å². The first-order chi connectivity index (χ1) is 4.93. The molecule has 10 heavy (non-hydrogen) atoms. The van der Waals surface area contributed by atoms with Gasteiger partial charge in [0.05, 0.1) is 6.67 Å². The third-order valence-electron chi connectivity index (χ3n) is 1.29. The van der Waals surface area contributed by atoms with E-state index in [4.69, 9.17) is 0 Å². The van der Waals surface area contributed by atoms with Crippen LogP contribution in [0, 0.1) is 0 Å². The molecular weight excluding hydrogens is 129 g/mol. The van der Waals surface area contributed by atoms with Gasteiger partial charge in [0.2, 0.25) is 0 Å². The van der Waals surface area contributed by atoms with E-state index in [0.717, 1.165) is 12.1 Å². The molecule has 1 rings (SSSR count). The number of hydrogen-bond donors (Lipinski definition) is 0. The van der Waals surface area contributed by atoms with Gasteiger partial charge < -0.3 is 0 Å². The first-order valence-corrected chi connectivity index (χ1v) is 3.39. The number of alkyl halides is 1. The zero-order valence-electron chi connectivity index (χ0n) is 5.76. The minimum absolute atomic E-state index is 0.253. The Balaban J connectivity index is 2.43. The summed E-state index contributed by atoms with van der Waals surface area (Å²) in [6.45, 7) is -0.253. The Hall–Kier alpha value is -0.920. The summed E-state index contributed by atoms with van der Waals surface area (Å²) in [6.07, 6.45) is 3.06. The van der Waals surface area contributed by atoms with Gasteiger partial charge in [-0.3, -0.25) is 9.37 Å². The van der Waals surface area contributed by atoms with Crippen LogP contribution in [0.5, 0.6) is 0 Å². The lowest BCUT2D eigenvalue weighted by atomic mass is 10.2. The van der Waals surface area contributed by atoms with Crippen LogP contribution in [0.4, 0.5) is 4.39 Å². The third kappa shape index (κ3) is 2.13. The molecule has 0 radical (unpaired) electrons. The van der Waals surface area contributed by atoms with Crippen molar-refractivity contribution >= 4 is 0 Å². The molecule has 0 unspecified atom stereocenters. The van der Waals surface area contributed by atoms with Crippen LogP contribution in [0.25, 0.3) is 0 Å². The van der Waals surface area contributed by atoms with Crippen LogP contribution in [0.2, 0.25) is 0 Å². The van der Waals surface area contributed by atoms with Gasteiger partial charge in [-0.1, -0.05) is 6.07 Å². The van der Waals surface area contributed by atoms with Gasteiger partial charge in [0.15, 0.2) is 0 Å². The third-order valence-corrected chi connectivity index (χ3v) is 1.29. The Kier molecular flexibility index (Phi) is 2.87. The van der Waals surface area contributed by atoms with Crippen LogP contribution >= 0.6 is 0 Å². The maximum Gasteiger partial charge on any atom is 0.0898 e. The average molecular weight is 139 g/mol. The van der Waals surface area contributed by atoms with Crippen LogP contribution in [0.3, 0.4) is 0 Å². The highest BCUT2D eigenvalue weighted by Gasteiger charge is 1.90. The monoisotopic (exact) mass is 139 g/mol. The van der Waals surface area contributed by atoms with E-state index in [-0.39, 0.29) is 6.67 Å². The fourth-order valence-electron chi connectivity index (χ4n) is 0.794. The lowest BCUT2D eigenvalue weighted by Gasteiger charge is -1.94. The Labute approximate surface area is 59.9 Å². The number of aromatic nitrogens is 1. The van der Waals surface area contributed by atoms with Crippen LogP contribution in [0.15, 0.2) is 24.4 Å². The number of halogens is 1. The van der Waals surface area contributed by atoms with Gasteiger partial charge in [-0.15, -0.1) is 0 Å². The van der Waals surface area contributed by atoms with Gasteiger partial charge in [-0.25, -0.2) is 0 Å². The van der Waals surface area contributed by atoms with Gasteiger partial charge in [0.25, 0.3) is 0 Å². The molecule has 0 aliphatic heterocycles. The van der Waals surface area contributed by atoms with E-state index in [1.54, 1.807) is 6.20 Å². The predicted octanol–water partition coefficient (Wildman–Crippen LogP) is 1.98. The second kappa shape index (κ2) is 3.99. The molecule has 0 spiro atoms. The number of rotatable bonds is 3. The second-order valence-electron chi connectivity index (χ2n) is 2.11. The van der Waals surface area contributed by atoms with Crippen molar-refractivity contribution < 1.29 is 4.39 Å². The van der Waals surface area contributed by atoms with Crippen molar-refractivity contribution in [1.82, 2.24) is 4.98 Å². The molecule has 0 aliphatic rings. The summed E-state index contributed by atoms with van der Waals surface area (Å²) in [5.41, 5.74) is 0.972. The van der Waals surface area contributed by atoms with Crippen molar-refractivity contribution in [2.45, 2.75) is 12.8 Å². The zero-order valence-corrected chi connectivity index (χ0v) is 5.76. The van der Waals surface area contributed by atoms with Crippen LogP contribution in [-0.2, 0) is 6.42 Å². The molecule has 0 bridgehead atoms. The number of hydrogen-bond acceptors (Lipinski definition) is 1. The second-order valence-corrected chi connectivity index (χ2v) is 2.11. The molecule has 0 atom stereocenters. The minimum Gasteiger partial charge on any atom is -0.261 e. The highest BCUT2D eigenvalue weighted by molar-refractivity contribution is 5.03. The molecule has 0 fully saturated rings. The van der Waals surface area contributed by atoms with Gasteiger partial charge >= 0.3 is 0 Å². The summed E-state index contributed by atoms with van der Waals surface area (Å²) in [5.74, 6) is 0. The molecule has 1 aromatic heterocycles. The Morgan fingerprint density at radius 1 is 1.40 bits per heavy atom. The van der Waals surface area contributed by atoms with Gasteiger partial charge in [0.1, 0.15) is 0 Å². The molecule has 54 valence electrons. The lowest BCUT2D eigenvalue weighted by Crippen LogP contribution is -1.88. The first-order valence-electron chi connectivity index (χ1n) is 3.39. The summed E-state index contributed by atoms with van der Waals surface area (Å²) in [4.78, 5) is 4.05. The van der Waals surface area contributed by atoms with Gasteiger partial charge in [-0.2, -0.15) is 0 Å². The first kappa shape index (κ1) is 7.19. The molecule has 0 aliphatic carbocycles. The maximum atomic E-state index is 11.7. The maximum absolute atomic E-state index is 11.7. The van der Waals surface area contributed by atoms with E-state index in [2.05, 4.69) is 4.98 Å². The standard InChI is InChI=1S/C8H10FN/c9-6-3-5-8-4-1-2-7-10-8/h1-2,4,7H,3,5-6H2. The predicted molar refractivity (Wildman–Crippen MR) is 38.5 cm³/mol. The van der Waals surface area contributed by atoms with E-state index in [0.29, 0.717) is 6.42 Å². The molecule has 0 N–H and O–H groups in total. The summed E-state index contributed by atoms with van der Waals surface area (Å²) >= 11 is 0. The van der Waals surface area contributed by atoms with Crippen molar-refractivity contribution in [3.05, 3.63) is 30.1 Å². The van der Waals surface area contributed by atoms with E-state index < -0.39 is 0 Å².